The first-order valence-corrected chi connectivity index (χ1v) is 15.5. The number of hydrogen-bond acceptors (Lipinski definition) is 6. The third kappa shape index (κ3) is 6.67. The van der Waals surface area contributed by atoms with Crippen molar-refractivity contribution >= 4 is 68.8 Å². The molecule has 8 nitrogen and oxygen atoms in total. The molecule has 10 heteroatoms. The Bertz CT molecular complexity index is 1470. The number of rotatable bonds is 8. The summed E-state index contributed by atoms with van der Waals surface area (Å²) in [5.41, 5.74) is 6.75. The van der Waals surface area contributed by atoms with E-state index in [0.29, 0.717) is 24.2 Å². The first-order chi connectivity index (χ1) is 20.3. The highest BCUT2D eigenvalue weighted by Gasteiger charge is 2.45. The van der Waals surface area contributed by atoms with Crippen LogP contribution in [-0.4, -0.2) is 35.1 Å². The van der Waals surface area contributed by atoms with Gasteiger partial charge in [0.2, 0.25) is 0 Å². The second-order valence-electron chi connectivity index (χ2n) is 9.55. The van der Waals surface area contributed by atoms with Crippen LogP contribution in [0.25, 0.3) is 0 Å². The van der Waals surface area contributed by atoms with E-state index in [0.717, 1.165) is 67.0 Å². The molecule has 42 heavy (non-hydrogen) atoms. The maximum Gasteiger partial charge on any atom is 0.345 e. The number of nitrogens with one attached hydrogen (secondary N) is 2. The molecule has 1 aliphatic rings. The molecule has 0 spiro atoms. The lowest BCUT2D eigenvalue weighted by molar-refractivity contribution is 0.226. The molecule has 1 aliphatic heterocycles. The molecule has 4 aromatic carbocycles. The van der Waals surface area contributed by atoms with Gasteiger partial charge in [-0.3, -0.25) is 9.59 Å². The standard InChI is InChI=1S/C32H28N4O4S2/c1-41-29(37)33-25-11-3-21(4-12-25)19-23-7-15-27(16-8-23)35-31(39)36(32(35)40)28-17-9-24(10-18-28)20-22-5-13-26(14-6-22)34-30(38)42-2/h3-18H,19-20H2,1-2H3,(H,33,37)(H,34,38). The Morgan fingerprint density at radius 3 is 1.10 bits per heavy atom. The van der Waals surface area contributed by atoms with Gasteiger partial charge in [-0.05, 0) is 96.1 Å². The van der Waals surface area contributed by atoms with Crippen LogP contribution in [0.1, 0.15) is 22.3 Å². The molecular formula is C32H28N4O4S2. The van der Waals surface area contributed by atoms with Crippen molar-refractivity contribution in [2.24, 2.45) is 0 Å². The number of imide groups is 2. The predicted octanol–water partition coefficient (Wildman–Crippen LogP) is 8.22. The Hall–Kier alpha value is -4.54. The minimum atomic E-state index is -0.397. The smallest absolute Gasteiger partial charge is 0.317 e. The van der Waals surface area contributed by atoms with Crippen molar-refractivity contribution in [3.63, 3.8) is 0 Å². The van der Waals surface area contributed by atoms with Crippen molar-refractivity contribution in [3.8, 4) is 0 Å². The molecule has 212 valence electrons. The van der Waals surface area contributed by atoms with Gasteiger partial charge in [-0.25, -0.2) is 19.4 Å². The van der Waals surface area contributed by atoms with Gasteiger partial charge in [0.1, 0.15) is 0 Å². The summed E-state index contributed by atoms with van der Waals surface area (Å²) in [6.07, 6.45) is 4.81. The van der Waals surface area contributed by atoms with Gasteiger partial charge in [-0.1, -0.05) is 72.1 Å². The molecule has 1 saturated heterocycles. The summed E-state index contributed by atoms with van der Waals surface area (Å²) in [5.74, 6) is 0. The van der Waals surface area contributed by atoms with Crippen LogP contribution >= 0.6 is 23.5 Å². The fraction of sp³-hybridized carbons (Fsp3) is 0.125. The SMILES string of the molecule is CSC(=O)Nc1ccc(Cc2ccc(N3C(=O)N(c4ccc(Cc5ccc(NC(=O)SC)cc5)cc4)C3=O)cc2)cc1. The number of thioether (sulfide) groups is 2. The van der Waals surface area contributed by atoms with Crippen LogP contribution in [0.2, 0.25) is 0 Å². The molecule has 0 bridgehead atoms. The normalized spacial score (nSPS) is 12.6. The van der Waals surface area contributed by atoms with Gasteiger partial charge in [0.05, 0.1) is 11.4 Å². The van der Waals surface area contributed by atoms with Crippen molar-refractivity contribution in [2.45, 2.75) is 12.8 Å². The lowest BCUT2D eigenvalue weighted by atomic mass is 10.0. The molecule has 1 fully saturated rings. The van der Waals surface area contributed by atoms with E-state index in [1.165, 1.54) is 0 Å². The fourth-order valence-electron chi connectivity index (χ4n) is 4.51. The number of amides is 6. The van der Waals surface area contributed by atoms with Crippen molar-refractivity contribution in [1.29, 1.82) is 0 Å². The number of carbonyl (C=O) groups excluding carboxylic acids is 4. The number of hydrogen-bond donors (Lipinski definition) is 2. The van der Waals surface area contributed by atoms with Crippen molar-refractivity contribution in [2.75, 3.05) is 32.9 Å². The average Bonchev–Trinajstić information content (AvgIpc) is 3.01. The third-order valence-electron chi connectivity index (χ3n) is 6.74. The van der Waals surface area contributed by atoms with Gasteiger partial charge in [0.15, 0.2) is 0 Å². The summed E-state index contributed by atoms with van der Waals surface area (Å²) in [6.45, 7) is 0. The molecule has 5 rings (SSSR count). The monoisotopic (exact) mass is 596 g/mol. The van der Waals surface area contributed by atoms with Crippen molar-refractivity contribution < 1.29 is 19.2 Å². The minimum Gasteiger partial charge on any atom is -0.317 e. The van der Waals surface area contributed by atoms with E-state index in [9.17, 15) is 19.2 Å². The maximum atomic E-state index is 13.0. The minimum absolute atomic E-state index is 0.109. The van der Waals surface area contributed by atoms with Gasteiger partial charge in [0.25, 0.3) is 10.5 Å². The zero-order chi connectivity index (χ0) is 29.6. The lowest BCUT2D eigenvalue weighted by Gasteiger charge is -2.38. The highest BCUT2D eigenvalue weighted by Crippen LogP contribution is 2.31. The van der Waals surface area contributed by atoms with E-state index < -0.39 is 12.1 Å². The van der Waals surface area contributed by atoms with E-state index in [4.69, 9.17) is 0 Å². The number of anilines is 4. The molecule has 6 amide bonds. The van der Waals surface area contributed by atoms with Crippen molar-refractivity contribution in [1.82, 2.24) is 0 Å². The molecule has 0 radical (unpaired) electrons. The highest BCUT2D eigenvalue weighted by atomic mass is 32.2. The zero-order valence-electron chi connectivity index (χ0n) is 23.0. The van der Waals surface area contributed by atoms with E-state index in [1.54, 1.807) is 36.8 Å². The van der Waals surface area contributed by atoms with E-state index >= 15 is 0 Å². The summed E-state index contributed by atoms with van der Waals surface area (Å²) in [7, 11) is 0. The van der Waals surface area contributed by atoms with Gasteiger partial charge in [-0.2, -0.15) is 0 Å². The summed E-state index contributed by atoms with van der Waals surface area (Å²) >= 11 is 2.25. The third-order valence-corrected chi connectivity index (χ3v) is 7.69. The topological polar surface area (TPSA) is 98.8 Å². The molecule has 0 unspecified atom stereocenters. The Morgan fingerprint density at radius 2 is 0.810 bits per heavy atom. The Labute approximate surface area is 252 Å². The Kier molecular flexibility index (Phi) is 8.94. The number of carbonyl (C=O) groups is 4. The van der Waals surface area contributed by atoms with Crippen LogP contribution < -0.4 is 20.4 Å². The van der Waals surface area contributed by atoms with Crippen molar-refractivity contribution in [3.05, 3.63) is 119 Å². The summed E-state index contributed by atoms with van der Waals surface area (Å²) in [6, 6.07) is 29.2. The molecule has 4 aromatic rings. The summed E-state index contributed by atoms with van der Waals surface area (Å²) in [4.78, 5) is 51.3. The van der Waals surface area contributed by atoms with Gasteiger partial charge >= 0.3 is 12.1 Å². The van der Waals surface area contributed by atoms with Crippen LogP contribution in [0.5, 0.6) is 0 Å². The van der Waals surface area contributed by atoms with Gasteiger partial charge < -0.3 is 10.6 Å². The van der Waals surface area contributed by atoms with Gasteiger partial charge in [-0.15, -0.1) is 0 Å². The largest absolute Gasteiger partial charge is 0.345 e. The van der Waals surface area contributed by atoms with Crippen LogP contribution in [0.4, 0.5) is 41.9 Å². The maximum absolute atomic E-state index is 13.0. The zero-order valence-corrected chi connectivity index (χ0v) is 24.6. The highest BCUT2D eigenvalue weighted by molar-refractivity contribution is 8.13. The second-order valence-corrected chi connectivity index (χ2v) is 11.1. The molecule has 0 atom stereocenters. The molecule has 0 aliphatic carbocycles. The van der Waals surface area contributed by atoms with Gasteiger partial charge in [0, 0.05) is 11.4 Å². The predicted molar refractivity (Wildman–Crippen MR) is 172 cm³/mol. The molecule has 2 N–H and O–H groups in total. The average molecular weight is 597 g/mol. The van der Waals surface area contributed by atoms with Crippen LogP contribution in [0.3, 0.4) is 0 Å². The fourth-order valence-corrected chi connectivity index (χ4v) is 4.95. The summed E-state index contributed by atoms with van der Waals surface area (Å²) < 4.78 is 0. The molecule has 1 heterocycles. The van der Waals surface area contributed by atoms with E-state index in [2.05, 4.69) is 10.6 Å². The first-order valence-electron chi connectivity index (χ1n) is 13.1. The van der Waals surface area contributed by atoms with Crippen LogP contribution in [-0.2, 0) is 12.8 Å². The quantitative estimate of drug-likeness (QED) is 0.213. The number of nitrogens with zero attached hydrogens (tertiary/aromatic N) is 2. The number of benzene rings is 4. The van der Waals surface area contributed by atoms with Crippen LogP contribution in [0, 0.1) is 0 Å². The van der Waals surface area contributed by atoms with E-state index in [1.807, 2.05) is 72.8 Å². The lowest BCUT2D eigenvalue weighted by Crippen LogP contribution is -2.64. The Balaban J connectivity index is 1.16. The molecule has 0 saturated carbocycles. The van der Waals surface area contributed by atoms with E-state index in [-0.39, 0.29) is 10.5 Å². The first kappa shape index (κ1) is 29.0. The number of urea groups is 2. The molecule has 0 aromatic heterocycles. The second kappa shape index (κ2) is 13.0. The Morgan fingerprint density at radius 1 is 0.524 bits per heavy atom. The summed E-state index contributed by atoms with van der Waals surface area (Å²) in [5, 5.41) is 5.38. The molecular weight excluding hydrogens is 569 g/mol. The van der Waals surface area contributed by atoms with Crippen LogP contribution in [0.15, 0.2) is 97.1 Å².